The van der Waals surface area contributed by atoms with Crippen molar-refractivity contribution in [3.8, 4) is 0 Å². The van der Waals surface area contributed by atoms with Crippen molar-refractivity contribution in [3.05, 3.63) is 0 Å². The molecule has 0 radical (unpaired) electrons. The van der Waals surface area contributed by atoms with Crippen LogP contribution in [0.2, 0.25) is 0 Å². The molecule has 108 valence electrons. The van der Waals surface area contributed by atoms with Gasteiger partial charge in [0.25, 0.3) is 0 Å². The summed E-state index contributed by atoms with van der Waals surface area (Å²) in [7, 11) is 0. The van der Waals surface area contributed by atoms with Gasteiger partial charge < -0.3 is 5.73 Å². The van der Waals surface area contributed by atoms with Gasteiger partial charge in [0.15, 0.2) is 0 Å². The van der Waals surface area contributed by atoms with Crippen LogP contribution in [-0.2, 0) is 0 Å². The maximum atomic E-state index is 6.52. The topological polar surface area (TPSA) is 29.3 Å². The number of hydrogen-bond donors (Lipinski definition) is 1. The lowest BCUT2D eigenvalue weighted by molar-refractivity contribution is 0.0369. The summed E-state index contributed by atoms with van der Waals surface area (Å²) in [6.45, 7) is 2.70. The molecule has 0 spiro atoms. The summed E-state index contributed by atoms with van der Waals surface area (Å²) in [4.78, 5) is 2.87. The van der Waals surface area contributed by atoms with E-state index in [2.05, 4.69) is 4.90 Å². The lowest BCUT2D eigenvalue weighted by Gasteiger charge is -2.46. The minimum atomic E-state index is 0.530. The number of fused-ring (bicyclic) bond motifs is 3. The first-order valence-corrected chi connectivity index (χ1v) is 8.82. The summed E-state index contributed by atoms with van der Waals surface area (Å²) in [5, 5.41) is 0. The highest BCUT2D eigenvalue weighted by molar-refractivity contribution is 5.01. The Balaban J connectivity index is 1.44. The molecular weight excluding hydrogens is 232 g/mol. The zero-order valence-electron chi connectivity index (χ0n) is 12.3. The van der Waals surface area contributed by atoms with Gasteiger partial charge in [0, 0.05) is 18.6 Å². The Kier molecular flexibility index (Phi) is 3.35. The molecule has 2 N–H and O–H groups in total. The van der Waals surface area contributed by atoms with Gasteiger partial charge in [-0.1, -0.05) is 12.8 Å². The van der Waals surface area contributed by atoms with E-state index in [-0.39, 0.29) is 0 Å². The molecule has 4 aliphatic rings. The molecule has 4 rings (SSSR count). The van der Waals surface area contributed by atoms with Crippen LogP contribution in [0.3, 0.4) is 0 Å². The van der Waals surface area contributed by atoms with E-state index in [1.807, 2.05) is 0 Å². The standard InChI is InChI=1S/C17H30N2/c18-17-14-8-7-13(10-14)15(17)11-19-9-3-5-12-4-1-2-6-16(12)19/h12-17H,1-11,18H2/t12-,13?,14?,15?,16-,17?/m1/s1. The Labute approximate surface area is 118 Å². The summed E-state index contributed by atoms with van der Waals surface area (Å²) >= 11 is 0. The van der Waals surface area contributed by atoms with Crippen LogP contribution in [0.1, 0.15) is 57.8 Å². The molecule has 0 aromatic heterocycles. The molecule has 0 aromatic rings. The van der Waals surface area contributed by atoms with Crippen molar-refractivity contribution in [1.29, 1.82) is 0 Å². The predicted octanol–water partition coefficient (Wildman–Crippen LogP) is 3.01. The Morgan fingerprint density at radius 3 is 2.47 bits per heavy atom. The molecule has 6 atom stereocenters. The van der Waals surface area contributed by atoms with Crippen molar-refractivity contribution in [2.24, 2.45) is 29.4 Å². The van der Waals surface area contributed by atoms with Gasteiger partial charge in [0.2, 0.25) is 0 Å². The molecule has 0 aromatic carbocycles. The number of piperidine rings is 1. The molecule has 3 aliphatic carbocycles. The second-order valence-corrected chi connectivity index (χ2v) is 7.82. The van der Waals surface area contributed by atoms with Gasteiger partial charge in [-0.05, 0) is 75.2 Å². The largest absolute Gasteiger partial charge is 0.327 e. The van der Waals surface area contributed by atoms with Gasteiger partial charge in [-0.3, -0.25) is 4.90 Å². The van der Waals surface area contributed by atoms with Crippen molar-refractivity contribution >= 4 is 0 Å². The Hall–Kier alpha value is -0.0800. The smallest absolute Gasteiger partial charge is 0.0124 e. The van der Waals surface area contributed by atoms with E-state index >= 15 is 0 Å². The van der Waals surface area contributed by atoms with Crippen LogP contribution in [0.25, 0.3) is 0 Å². The van der Waals surface area contributed by atoms with E-state index in [1.165, 1.54) is 70.9 Å². The fourth-order valence-corrected chi connectivity index (χ4v) is 5.95. The summed E-state index contributed by atoms with van der Waals surface area (Å²) in [6, 6.07) is 1.46. The minimum Gasteiger partial charge on any atom is -0.327 e. The summed E-state index contributed by atoms with van der Waals surface area (Å²) < 4.78 is 0. The first-order valence-electron chi connectivity index (χ1n) is 8.82. The quantitative estimate of drug-likeness (QED) is 0.829. The van der Waals surface area contributed by atoms with Crippen LogP contribution in [0.15, 0.2) is 0 Å². The van der Waals surface area contributed by atoms with Crippen LogP contribution in [0.5, 0.6) is 0 Å². The van der Waals surface area contributed by atoms with Gasteiger partial charge in [-0.25, -0.2) is 0 Å². The number of nitrogens with two attached hydrogens (primary N) is 1. The van der Waals surface area contributed by atoms with Crippen LogP contribution in [0, 0.1) is 23.7 Å². The maximum absolute atomic E-state index is 6.52. The van der Waals surface area contributed by atoms with Gasteiger partial charge in [0.1, 0.15) is 0 Å². The van der Waals surface area contributed by atoms with Crippen molar-refractivity contribution in [2.45, 2.75) is 69.9 Å². The average molecular weight is 262 g/mol. The SMILES string of the molecule is NC1C2CCC(C2)C1CN1CCC[C@H]2CCCC[C@H]21. The normalized spacial score (nSPS) is 50.4. The van der Waals surface area contributed by atoms with E-state index in [1.54, 1.807) is 0 Å². The average Bonchev–Trinajstić information content (AvgIpc) is 3.03. The number of rotatable bonds is 2. The monoisotopic (exact) mass is 262 g/mol. The van der Waals surface area contributed by atoms with Crippen LogP contribution < -0.4 is 5.73 Å². The van der Waals surface area contributed by atoms with E-state index in [0.717, 1.165) is 29.7 Å². The van der Waals surface area contributed by atoms with Gasteiger partial charge in [-0.15, -0.1) is 0 Å². The summed E-state index contributed by atoms with van der Waals surface area (Å²) in [5.41, 5.74) is 6.52. The van der Waals surface area contributed by atoms with Crippen LogP contribution in [-0.4, -0.2) is 30.1 Å². The molecule has 4 fully saturated rings. The van der Waals surface area contributed by atoms with E-state index in [4.69, 9.17) is 5.73 Å². The second kappa shape index (κ2) is 5.04. The first-order chi connectivity index (χ1) is 9.33. The third-order valence-electron chi connectivity index (χ3n) is 6.96. The van der Waals surface area contributed by atoms with E-state index in [0.29, 0.717) is 6.04 Å². The van der Waals surface area contributed by atoms with E-state index in [9.17, 15) is 0 Å². The molecule has 2 heteroatoms. The molecule has 3 saturated carbocycles. The van der Waals surface area contributed by atoms with Crippen molar-refractivity contribution in [1.82, 2.24) is 4.90 Å². The van der Waals surface area contributed by atoms with Crippen molar-refractivity contribution < 1.29 is 0 Å². The first kappa shape index (κ1) is 12.6. The summed E-state index contributed by atoms with van der Waals surface area (Å²) in [5.74, 6) is 3.71. The second-order valence-electron chi connectivity index (χ2n) is 7.82. The van der Waals surface area contributed by atoms with Crippen molar-refractivity contribution in [3.63, 3.8) is 0 Å². The number of likely N-dealkylation sites (tertiary alicyclic amines) is 1. The van der Waals surface area contributed by atoms with Crippen LogP contribution in [0.4, 0.5) is 0 Å². The van der Waals surface area contributed by atoms with Gasteiger partial charge >= 0.3 is 0 Å². The summed E-state index contributed by atoms with van der Waals surface area (Å²) in [6.07, 6.45) is 13.2. The van der Waals surface area contributed by atoms with E-state index < -0.39 is 0 Å². The van der Waals surface area contributed by atoms with Crippen molar-refractivity contribution in [2.75, 3.05) is 13.1 Å². The highest BCUT2D eigenvalue weighted by Gasteiger charge is 2.47. The lowest BCUT2D eigenvalue weighted by Crippen LogP contribution is -2.51. The predicted molar refractivity (Wildman–Crippen MR) is 78.8 cm³/mol. The molecular formula is C17H30N2. The third kappa shape index (κ3) is 2.15. The molecule has 1 heterocycles. The fourth-order valence-electron chi connectivity index (χ4n) is 5.95. The third-order valence-corrected chi connectivity index (χ3v) is 6.96. The zero-order chi connectivity index (χ0) is 12.8. The highest BCUT2D eigenvalue weighted by atomic mass is 15.2. The van der Waals surface area contributed by atoms with Gasteiger partial charge in [-0.2, -0.15) is 0 Å². The molecule has 1 aliphatic heterocycles. The minimum absolute atomic E-state index is 0.530. The Bertz CT molecular complexity index is 325. The molecule has 1 saturated heterocycles. The fraction of sp³-hybridized carbons (Fsp3) is 1.00. The number of hydrogen-bond acceptors (Lipinski definition) is 2. The maximum Gasteiger partial charge on any atom is 0.0124 e. The molecule has 2 nitrogen and oxygen atoms in total. The zero-order valence-corrected chi connectivity index (χ0v) is 12.3. The molecule has 2 bridgehead atoms. The number of nitrogens with zero attached hydrogens (tertiary/aromatic N) is 1. The molecule has 0 amide bonds. The Morgan fingerprint density at radius 2 is 1.63 bits per heavy atom. The Morgan fingerprint density at radius 1 is 0.842 bits per heavy atom. The van der Waals surface area contributed by atoms with Crippen LogP contribution >= 0.6 is 0 Å². The highest BCUT2D eigenvalue weighted by Crippen LogP contribution is 2.48. The lowest BCUT2D eigenvalue weighted by atomic mass is 9.77. The molecule has 4 unspecified atom stereocenters. The molecule has 19 heavy (non-hydrogen) atoms. The van der Waals surface area contributed by atoms with Gasteiger partial charge in [0.05, 0.1) is 0 Å².